The summed E-state index contributed by atoms with van der Waals surface area (Å²) < 4.78 is 17.9. The van der Waals surface area contributed by atoms with Crippen LogP contribution in [0.25, 0.3) is 0 Å². The number of esters is 1. The maximum Gasteiger partial charge on any atom is 0.338 e. The summed E-state index contributed by atoms with van der Waals surface area (Å²) in [4.78, 5) is 25.4. The molecule has 0 aliphatic carbocycles. The molecule has 0 atom stereocenters. The molecular formula is C16H21FN2O3. The molecule has 1 saturated heterocycles. The van der Waals surface area contributed by atoms with E-state index >= 15 is 0 Å². The van der Waals surface area contributed by atoms with E-state index in [1.165, 1.54) is 0 Å². The quantitative estimate of drug-likeness (QED) is 0.848. The van der Waals surface area contributed by atoms with Gasteiger partial charge in [0.1, 0.15) is 6.17 Å². The minimum absolute atomic E-state index is 0.138. The van der Waals surface area contributed by atoms with Crippen molar-refractivity contribution in [1.82, 2.24) is 4.90 Å². The van der Waals surface area contributed by atoms with Gasteiger partial charge in [0.15, 0.2) is 0 Å². The molecular weight excluding hydrogens is 287 g/mol. The summed E-state index contributed by atoms with van der Waals surface area (Å²) in [7, 11) is 0. The SMILES string of the molecule is CCOC(=O)c1ccc(NC(=O)CN2CCC(F)CC2)cc1. The largest absolute Gasteiger partial charge is 0.462 e. The number of nitrogens with one attached hydrogen (secondary N) is 1. The highest BCUT2D eigenvalue weighted by atomic mass is 19.1. The van der Waals surface area contributed by atoms with Gasteiger partial charge in [-0.2, -0.15) is 0 Å². The molecule has 0 spiro atoms. The zero-order valence-corrected chi connectivity index (χ0v) is 12.7. The predicted octanol–water partition coefficient (Wildman–Crippen LogP) is 2.24. The van der Waals surface area contributed by atoms with Crippen molar-refractivity contribution in [2.24, 2.45) is 0 Å². The van der Waals surface area contributed by atoms with Crippen molar-refractivity contribution in [2.45, 2.75) is 25.9 Å². The molecule has 0 aromatic heterocycles. The maximum absolute atomic E-state index is 13.0. The summed E-state index contributed by atoms with van der Waals surface area (Å²) in [6.07, 6.45) is 0.234. The first-order valence-electron chi connectivity index (χ1n) is 7.52. The Morgan fingerprint density at radius 2 is 1.91 bits per heavy atom. The fraction of sp³-hybridized carbons (Fsp3) is 0.500. The van der Waals surface area contributed by atoms with E-state index in [1.54, 1.807) is 31.2 Å². The number of hydrogen-bond acceptors (Lipinski definition) is 4. The third-order valence-corrected chi connectivity index (χ3v) is 3.56. The average molecular weight is 308 g/mol. The molecule has 1 aromatic rings. The Balaban J connectivity index is 1.82. The van der Waals surface area contributed by atoms with Crippen molar-refractivity contribution in [3.05, 3.63) is 29.8 Å². The summed E-state index contributed by atoms with van der Waals surface area (Å²) in [5.41, 5.74) is 1.07. The van der Waals surface area contributed by atoms with E-state index in [-0.39, 0.29) is 18.4 Å². The van der Waals surface area contributed by atoms with Gasteiger partial charge in [0.05, 0.1) is 18.7 Å². The molecule has 0 saturated carbocycles. The highest BCUT2D eigenvalue weighted by molar-refractivity contribution is 5.94. The number of anilines is 1. The molecule has 6 heteroatoms. The summed E-state index contributed by atoms with van der Waals surface area (Å²) in [5, 5.41) is 2.77. The first-order chi connectivity index (χ1) is 10.6. The van der Waals surface area contributed by atoms with Crippen LogP contribution in [0.1, 0.15) is 30.1 Å². The van der Waals surface area contributed by atoms with E-state index < -0.39 is 6.17 Å². The fourth-order valence-corrected chi connectivity index (χ4v) is 2.37. The monoisotopic (exact) mass is 308 g/mol. The van der Waals surface area contributed by atoms with E-state index in [0.717, 1.165) is 0 Å². The number of ether oxygens (including phenoxy) is 1. The van der Waals surface area contributed by atoms with Crippen LogP contribution in [0.3, 0.4) is 0 Å². The van der Waals surface area contributed by atoms with Gasteiger partial charge < -0.3 is 10.1 Å². The normalized spacial score (nSPS) is 16.3. The summed E-state index contributed by atoms with van der Waals surface area (Å²) >= 11 is 0. The molecule has 1 aromatic carbocycles. The number of piperidine rings is 1. The molecule has 1 N–H and O–H groups in total. The molecule has 0 bridgehead atoms. The van der Waals surface area contributed by atoms with Crippen LogP contribution >= 0.6 is 0 Å². The summed E-state index contributed by atoms with van der Waals surface area (Å²) in [6, 6.07) is 6.56. The van der Waals surface area contributed by atoms with E-state index in [0.29, 0.717) is 43.8 Å². The van der Waals surface area contributed by atoms with Gasteiger partial charge in [-0.3, -0.25) is 9.69 Å². The van der Waals surface area contributed by atoms with Crippen LogP contribution in [0.4, 0.5) is 10.1 Å². The minimum atomic E-state index is -0.741. The molecule has 2 rings (SSSR count). The van der Waals surface area contributed by atoms with Gasteiger partial charge >= 0.3 is 5.97 Å². The van der Waals surface area contributed by atoms with Crippen molar-refractivity contribution < 1.29 is 18.7 Å². The lowest BCUT2D eigenvalue weighted by molar-refractivity contribution is -0.117. The van der Waals surface area contributed by atoms with Gasteiger partial charge in [0, 0.05) is 18.8 Å². The number of carbonyl (C=O) groups excluding carboxylic acids is 2. The van der Waals surface area contributed by atoms with Crippen molar-refractivity contribution in [2.75, 3.05) is 31.6 Å². The zero-order valence-electron chi connectivity index (χ0n) is 12.7. The second kappa shape index (κ2) is 7.89. The van der Waals surface area contributed by atoms with Crippen molar-refractivity contribution >= 4 is 17.6 Å². The van der Waals surface area contributed by atoms with Gasteiger partial charge in [-0.15, -0.1) is 0 Å². The Kier molecular flexibility index (Phi) is 5.89. The molecule has 1 aliphatic heterocycles. The van der Waals surface area contributed by atoms with Crippen LogP contribution in [-0.2, 0) is 9.53 Å². The smallest absolute Gasteiger partial charge is 0.338 e. The first-order valence-corrected chi connectivity index (χ1v) is 7.52. The molecule has 1 amide bonds. The third-order valence-electron chi connectivity index (χ3n) is 3.56. The second-order valence-corrected chi connectivity index (χ2v) is 5.30. The van der Waals surface area contributed by atoms with Crippen LogP contribution in [0.5, 0.6) is 0 Å². The Labute approximate surface area is 129 Å². The fourth-order valence-electron chi connectivity index (χ4n) is 2.37. The van der Waals surface area contributed by atoms with Crippen LogP contribution in [-0.4, -0.2) is 49.2 Å². The van der Waals surface area contributed by atoms with Crippen molar-refractivity contribution in [1.29, 1.82) is 0 Å². The number of nitrogens with zero attached hydrogens (tertiary/aromatic N) is 1. The molecule has 0 unspecified atom stereocenters. The molecule has 5 nitrogen and oxygen atoms in total. The predicted molar refractivity (Wildman–Crippen MR) is 81.6 cm³/mol. The molecule has 1 aliphatic rings. The van der Waals surface area contributed by atoms with Crippen LogP contribution in [0, 0.1) is 0 Å². The molecule has 22 heavy (non-hydrogen) atoms. The topological polar surface area (TPSA) is 58.6 Å². The number of benzene rings is 1. The summed E-state index contributed by atoms with van der Waals surface area (Å²) in [6.45, 7) is 3.55. The van der Waals surface area contributed by atoms with Gasteiger partial charge in [-0.1, -0.05) is 0 Å². The Morgan fingerprint density at radius 1 is 1.27 bits per heavy atom. The lowest BCUT2D eigenvalue weighted by atomic mass is 10.1. The maximum atomic E-state index is 13.0. The van der Waals surface area contributed by atoms with Crippen LogP contribution < -0.4 is 5.32 Å². The molecule has 1 heterocycles. The van der Waals surface area contributed by atoms with Crippen molar-refractivity contribution in [3.63, 3.8) is 0 Å². The number of hydrogen-bond donors (Lipinski definition) is 1. The number of amides is 1. The van der Waals surface area contributed by atoms with Gasteiger partial charge in [-0.05, 0) is 44.0 Å². The number of alkyl halides is 1. The van der Waals surface area contributed by atoms with E-state index in [4.69, 9.17) is 4.74 Å². The van der Waals surface area contributed by atoms with Crippen LogP contribution in [0.15, 0.2) is 24.3 Å². The van der Waals surface area contributed by atoms with E-state index in [1.807, 2.05) is 4.90 Å². The number of rotatable bonds is 5. The zero-order chi connectivity index (χ0) is 15.9. The number of halogens is 1. The Hall–Kier alpha value is -1.95. The lowest BCUT2D eigenvalue weighted by Crippen LogP contribution is -2.39. The Bertz CT molecular complexity index is 511. The second-order valence-electron chi connectivity index (χ2n) is 5.30. The van der Waals surface area contributed by atoms with E-state index in [9.17, 15) is 14.0 Å². The van der Waals surface area contributed by atoms with Crippen molar-refractivity contribution in [3.8, 4) is 0 Å². The van der Waals surface area contributed by atoms with Gasteiger partial charge in [0.25, 0.3) is 0 Å². The molecule has 120 valence electrons. The molecule has 1 fully saturated rings. The van der Waals surface area contributed by atoms with E-state index in [2.05, 4.69) is 5.32 Å². The molecule has 0 radical (unpaired) electrons. The highest BCUT2D eigenvalue weighted by Gasteiger charge is 2.20. The lowest BCUT2D eigenvalue weighted by Gasteiger charge is -2.27. The van der Waals surface area contributed by atoms with Crippen LogP contribution in [0.2, 0.25) is 0 Å². The van der Waals surface area contributed by atoms with Gasteiger partial charge in [0.2, 0.25) is 5.91 Å². The average Bonchev–Trinajstić information content (AvgIpc) is 2.50. The third kappa shape index (κ3) is 4.80. The Morgan fingerprint density at radius 3 is 2.50 bits per heavy atom. The highest BCUT2D eigenvalue weighted by Crippen LogP contribution is 2.14. The number of carbonyl (C=O) groups is 2. The minimum Gasteiger partial charge on any atom is -0.462 e. The standard InChI is InChI=1S/C16H21FN2O3/c1-2-22-16(21)12-3-5-14(6-4-12)18-15(20)11-19-9-7-13(17)8-10-19/h3-6,13H,2,7-11H2,1H3,(H,18,20). The van der Waals surface area contributed by atoms with Gasteiger partial charge in [-0.25, -0.2) is 9.18 Å². The number of likely N-dealkylation sites (tertiary alicyclic amines) is 1. The summed E-state index contributed by atoms with van der Waals surface area (Å²) in [5.74, 6) is -0.518. The first kappa shape index (κ1) is 16.4.